The Morgan fingerprint density at radius 2 is 1.82 bits per heavy atom. The molecule has 0 saturated carbocycles. The predicted molar refractivity (Wildman–Crippen MR) is 115 cm³/mol. The zero-order chi connectivity index (χ0) is 20.7. The first-order valence-corrected chi connectivity index (χ1v) is 11.5. The van der Waals surface area contributed by atoms with Crippen LogP contribution in [0.3, 0.4) is 0 Å². The van der Waals surface area contributed by atoms with Gasteiger partial charge in [-0.25, -0.2) is 8.42 Å². The minimum Gasteiger partial charge on any atom is -0.356 e. The monoisotopic (exact) mass is 422 g/mol. The fraction of sp³-hybridized carbons (Fsp3) is 0.381. The van der Waals surface area contributed by atoms with Crippen molar-refractivity contribution in [3.05, 3.63) is 64.7 Å². The van der Waals surface area contributed by atoms with E-state index in [0.29, 0.717) is 29.2 Å². The number of benzene rings is 2. The Labute approximate surface area is 172 Å². The maximum absolute atomic E-state index is 12.2. The number of rotatable bonds is 9. The first-order chi connectivity index (χ1) is 13.2. The highest BCUT2D eigenvalue weighted by atomic mass is 35.5. The number of anilines is 1. The molecule has 0 radical (unpaired) electrons. The van der Waals surface area contributed by atoms with Gasteiger partial charge in [-0.3, -0.25) is 9.10 Å². The van der Waals surface area contributed by atoms with Gasteiger partial charge < -0.3 is 5.32 Å². The lowest BCUT2D eigenvalue weighted by Gasteiger charge is -2.24. The van der Waals surface area contributed by atoms with Crippen molar-refractivity contribution in [3.63, 3.8) is 0 Å². The Hall–Kier alpha value is -2.05. The fourth-order valence-corrected chi connectivity index (χ4v) is 4.15. The first-order valence-electron chi connectivity index (χ1n) is 9.24. The van der Waals surface area contributed by atoms with Crippen molar-refractivity contribution < 1.29 is 13.2 Å². The molecular formula is C21H27ClN2O3S. The molecule has 0 bridgehead atoms. The zero-order valence-corrected chi connectivity index (χ0v) is 18.1. The van der Waals surface area contributed by atoms with Crippen LogP contribution in [0.25, 0.3) is 0 Å². The smallest absolute Gasteiger partial charge is 0.232 e. The third-order valence-electron chi connectivity index (χ3n) is 4.65. The standard InChI is InChI=1S/C21H27ClN2O3S/c1-16(18-9-5-4-6-10-18)15-23-21(25)13-8-14-24(28(3,26)27)20-12-7-11-19(22)17(20)2/h4-7,9-12,16H,8,13-15H2,1-3H3,(H,23,25). The molecule has 0 saturated heterocycles. The normalized spacial score (nSPS) is 12.4. The summed E-state index contributed by atoms with van der Waals surface area (Å²) in [5, 5.41) is 3.44. The van der Waals surface area contributed by atoms with Crippen molar-refractivity contribution >= 4 is 33.2 Å². The summed E-state index contributed by atoms with van der Waals surface area (Å²) in [7, 11) is -3.47. The van der Waals surface area contributed by atoms with Gasteiger partial charge >= 0.3 is 0 Å². The SMILES string of the molecule is Cc1c(Cl)cccc1N(CCCC(=O)NCC(C)c1ccccc1)S(C)(=O)=O. The van der Waals surface area contributed by atoms with E-state index in [0.717, 1.165) is 6.26 Å². The van der Waals surface area contributed by atoms with Gasteiger partial charge in [0.1, 0.15) is 0 Å². The topological polar surface area (TPSA) is 66.5 Å². The first kappa shape index (κ1) is 22.2. The van der Waals surface area contributed by atoms with E-state index in [1.54, 1.807) is 25.1 Å². The highest BCUT2D eigenvalue weighted by molar-refractivity contribution is 7.92. The molecule has 0 fully saturated rings. The number of hydrogen-bond acceptors (Lipinski definition) is 3. The van der Waals surface area contributed by atoms with Crippen LogP contribution in [0.4, 0.5) is 5.69 Å². The molecule has 7 heteroatoms. The number of nitrogens with one attached hydrogen (secondary N) is 1. The number of nitrogens with zero attached hydrogens (tertiary/aromatic N) is 1. The van der Waals surface area contributed by atoms with E-state index >= 15 is 0 Å². The zero-order valence-electron chi connectivity index (χ0n) is 16.5. The third-order valence-corrected chi connectivity index (χ3v) is 6.24. The van der Waals surface area contributed by atoms with E-state index in [9.17, 15) is 13.2 Å². The summed E-state index contributed by atoms with van der Waals surface area (Å²) in [5.74, 6) is 0.130. The Balaban J connectivity index is 1.90. The van der Waals surface area contributed by atoms with Gasteiger partial charge in [0.2, 0.25) is 15.9 Å². The van der Waals surface area contributed by atoms with Crippen LogP contribution in [0.1, 0.15) is 36.8 Å². The summed E-state index contributed by atoms with van der Waals surface area (Å²) >= 11 is 6.13. The Morgan fingerprint density at radius 3 is 2.46 bits per heavy atom. The summed E-state index contributed by atoms with van der Waals surface area (Å²) in [4.78, 5) is 12.2. The Bertz CT molecular complexity index is 901. The lowest BCUT2D eigenvalue weighted by atomic mass is 10.0. The lowest BCUT2D eigenvalue weighted by Crippen LogP contribution is -2.33. The van der Waals surface area contributed by atoms with Gasteiger partial charge in [-0.15, -0.1) is 0 Å². The molecule has 0 aromatic heterocycles. The summed E-state index contributed by atoms with van der Waals surface area (Å²) in [6.07, 6.45) is 1.84. The van der Waals surface area contributed by atoms with Crippen molar-refractivity contribution in [2.45, 2.75) is 32.6 Å². The van der Waals surface area contributed by atoms with Crippen LogP contribution in [-0.4, -0.2) is 33.7 Å². The minimum atomic E-state index is -3.47. The van der Waals surface area contributed by atoms with Crippen LogP contribution in [0.5, 0.6) is 0 Å². The van der Waals surface area contributed by atoms with Crippen molar-refractivity contribution in [1.82, 2.24) is 5.32 Å². The van der Waals surface area contributed by atoms with E-state index < -0.39 is 10.0 Å². The van der Waals surface area contributed by atoms with Gasteiger partial charge in [-0.1, -0.05) is 54.9 Å². The van der Waals surface area contributed by atoms with Gasteiger partial charge in [0.25, 0.3) is 0 Å². The van der Waals surface area contributed by atoms with Crippen molar-refractivity contribution in [2.24, 2.45) is 0 Å². The average Bonchev–Trinajstić information content (AvgIpc) is 2.65. The number of carbonyl (C=O) groups excluding carboxylic acids is 1. The molecule has 1 amide bonds. The van der Waals surface area contributed by atoms with Gasteiger partial charge in [-0.2, -0.15) is 0 Å². The van der Waals surface area contributed by atoms with Crippen LogP contribution in [-0.2, 0) is 14.8 Å². The molecule has 2 aromatic carbocycles. The van der Waals surface area contributed by atoms with Crippen LogP contribution in [0, 0.1) is 6.92 Å². The molecule has 0 heterocycles. The van der Waals surface area contributed by atoms with Crippen LogP contribution in [0.15, 0.2) is 48.5 Å². The quantitative estimate of drug-likeness (QED) is 0.661. The summed E-state index contributed by atoms with van der Waals surface area (Å²) < 4.78 is 25.8. The molecule has 2 aromatic rings. The second-order valence-electron chi connectivity index (χ2n) is 6.94. The number of hydrogen-bond donors (Lipinski definition) is 1. The van der Waals surface area contributed by atoms with Crippen molar-refractivity contribution in [3.8, 4) is 0 Å². The summed E-state index contributed by atoms with van der Waals surface area (Å²) in [6, 6.07) is 15.2. The highest BCUT2D eigenvalue weighted by Crippen LogP contribution is 2.28. The number of amides is 1. The summed E-state index contributed by atoms with van der Waals surface area (Å²) in [6.45, 7) is 4.62. The molecule has 152 valence electrons. The van der Waals surface area contributed by atoms with Crippen LogP contribution >= 0.6 is 11.6 Å². The molecule has 0 aliphatic carbocycles. The van der Waals surface area contributed by atoms with E-state index in [-0.39, 0.29) is 24.8 Å². The number of halogens is 1. The van der Waals surface area contributed by atoms with E-state index in [2.05, 4.69) is 12.2 Å². The molecule has 0 aliphatic rings. The Morgan fingerprint density at radius 1 is 1.14 bits per heavy atom. The number of carbonyl (C=O) groups is 1. The van der Waals surface area contributed by atoms with Gasteiger partial charge in [0.05, 0.1) is 11.9 Å². The van der Waals surface area contributed by atoms with Gasteiger partial charge in [0, 0.05) is 24.5 Å². The van der Waals surface area contributed by atoms with Gasteiger partial charge in [-0.05, 0) is 42.5 Å². The molecule has 1 unspecified atom stereocenters. The molecule has 28 heavy (non-hydrogen) atoms. The average molecular weight is 423 g/mol. The van der Waals surface area contributed by atoms with E-state index in [1.165, 1.54) is 9.87 Å². The molecular weight excluding hydrogens is 396 g/mol. The van der Waals surface area contributed by atoms with Crippen LogP contribution in [0.2, 0.25) is 5.02 Å². The second kappa shape index (κ2) is 9.94. The lowest BCUT2D eigenvalue weighted by molar-refractivity contribution is -0.121. The fourth-order valence-electron chi connectivity index (χ4n) is 2.97. The minimum absolute atomic E-state index is 0.0842. The maximum atomic E-state index is 12.2. The molecule has 0 aliphatic heterocycles. The molecule has 2 rings (SSSR count). The molecule has 0 spiro atoms. The van der Waals surface area contributed by atoms with Crippen molar-refractivity contribution in [2.75, 3.05) is 23.7 Å². The largest absolute Gasteiger partial charge is 0.356 e. The second-order valence-corrected chi connectivity index (χ2v) is 9.25. The summed E-state index contributed by atoms with van der Waals surface area (Å²) in [5.41, 5.74) is 2.42. The van der Waals surface area contributed by atoms with Crippen LogP contribution < -0.4 is 9.62 Å². The molecule has 5 nitrogen and oxygen atoms in total. The predicted octanol–water partition coefficient (Wildman–Crippen LogP) is 4.11. The van der Waals surface area contributed by atoms with E-state index in [1.807, 2.05) is 30.3 Å². The highest BCUT2D eigenvalue weighted by Gasteiger charge is 2.20. The molecule has 1 N–H and O–H groups in total. The Kier molecular flexibility index (Phi) is 7.89. The van der Waals surface area contributed by atoms with E-state index in [4.69, 9.17) is 11.6 Å². The molecule has 1 atom stereocenters. The maximum Gasteiger partial charge on any atom is 0.232 e. The third kappa shape index (κ3) is 6.24. The van der Waals surface area contributed by atoms with Crippen molar-refractivity contribution in [1.29, 1.82) is 0 Å². The van der Waals surface area contributed by atoms with Gasteiger partial charge in [0.15, 0.2) is 0 Å². The number of sulfonamides is 1.